The number of H-pyrrole nitrogens is 1. The highest BCUT2D eigenvalue weighted by Crippen LogP contribution is 2.31. The lowest BCUT2D eigenvalue weighted by Gasteiger charge is -2.31. The van der Waals surface area contributed by atoms with Crippen molar-refractivity contribution in [2.24, 2.45) is 10.9 Å². The van der Waals surface area contributed by atoms with Crippen molar-refractivity contribution in [3.05, 3.63) is 41.7 Å². The van der Waals surface area contributed by atoms with E-state index in [1.54, 1.807) is 19.4 Å². The molecule has 1 aliphatic heterocycles. The summed E-state index contributed by atoms with van der Waals surface area (Å²) in [6, 6.07) is 5.77. The molecule has 3 heterocycles. The van der Waals surface area contributed by atoms with Gasteiger partial charge < -0.3 is 25.0 Å². The lowest BCUT2D eigenvalue weighted by Crippen LogP contribution is -2.36. The topological polar surface area (TPSA) is 108 Å². The first-order valence-corrected chi connectivity index (χ1v) is 12.9. The van der Waals surface area contributed by atoms with Gasteiger partial charge in [-0.3, -0.25) is 9.48 Å². The van der Waals surface area contributed by atoms with Crippen LogP contribution in [-0.4, -0.2) is 76.3 Å². The lowest BCUT2D eigenvalue weighted by molar-refractivity contribution is 0.0949. The van der Waals surface area contributed by atoms with Crippen LogP contribution in [-0.2, 0) is 4.74 Å². The van der Waals surface area contributed by atoms with Gasteiger partial charge in [0.1, 0.15) is 5.69 Å². The molecule has 1 saturated heterocycles. The van der Waals surface area contributed by atoms with E-state index in [9.17, 15) is 9.90 Å². The maximum Gasteiger partial charge on any atom is 0.251 e. The molecular weight excluding hydrogens is 456 g/mol. The third-order valence-electron chi connectivity index (χ3n) is 6.73. The highest BCUT2D eigenvalue weighted by Gasteiger charge is 2.22. The van der Waals surface area contributed by atoms with Crippen LogP contribution in [0.15, 0.2) is 35.6 Å². The SMILES string of the molecule is CCC(=Nc1cnn(C2CCN(CCOC)CC2)c1)c1c(O)[nH]c2ccc(C(=O)NCC(C)C)cc12. The summed E-state index contributed by atoms with van der Waals surface area (Å²) in [5.74, 6) is 0.301. The maximum atomic E-state index is 12.6. The molecule has 4 rings (SSSR count). The molecular formula is C27H38N6O3. The van der Waals surface area contributed by atoms with Crippen molar-refractivity contribution in [1.29, 1.82) is 0 Å². The largest absolute Gasteiger partial charge is 0.494 e. The minimum atomic E-state index is -0.123. The van der Waals surface area contributed by atoms with Crippen LogP contribution in [0.3, 0.4) is 0 Å². The molecule has 1 amide bonds. The van der Waals surface area contributed by atoms with Crippen LogP contribution >= 0.6 is 0 Å². The Morgan fingerprint density at radius 1 is 1.33 bits per heavy atom. The number of hydrogen-bond donors (Lipinski definition) is 3. The van der Waals surface area contributed by atoms with Gasteiger partial charge in [0.15, 0.2) is 5.88 Å². The van der Waals surface area contributed by atoms with E-state index in [1.165, 1.54) is 0 Å². The number of fused-ring (bicyclic) bond motifs is 1. The molecule has 9 heteroatoms. The average Bonchev–Trinajstić information content (AvgIpc) is 3.48. The molecule has 36 heavy (non-hydrogen) atoms. The molecule has 0 bridgehead atoms. The van der Waals surface area contributed by atoms with Gasteiger partial charge in [0.05, 0.1) is 36.3 Å². The summed E-state index contributed by atoms with van der Waals surface area (Å²) < 4.78 is 7.22. The zero-order chi connectivity index (χ0) is 25.7. The van der Waals surface area contributed by atoms with Crippen LogP contribution in [0.1, 0.15) is 62.0 Å². The summed E-state index contributed by atoms with van der Waals surface area (Å²) in [7, 11) is 1.74. The first-order chi connectivity index (χ1) is 17.4. The van der Waals surface area contributed by atoms with Crippen LogP contribution in [0.5, 0.6) is 5.88 Å². The van der Waals surface area contributed by atoms with Gasteiger partial charge in [-0.1, -0.05) is 20.8 Å². The summed E-state index contributed by atoms with van der Waals surface area (Å²) >= 11 is 0. The summed E-state index contributed by atoms with van der Waals surface area (Å²) in [4.78, 5) is 22.9. The number of carbonyl (C=O) groups is 1. The van der Waals surface area contributed by atoms with Crippen molar-refractivity contribution in [1.82, 2.24) is 25.0 Å². The van der Waals surface area contributed by atoms with Crippen LogP contribution < -0.4 is 5.32 Å². The monoisotopic (exact) mass is 494 g/mol. The van der Waals surface area contributed by atoms with Gasteiger partial charge in [-0.05, 0) is 43.4 Å². The van der Waals surface area contributed by atoms with Crippen molar-refractivity contribution < 1.29 is 14.6 Å². The van der Waals surface area contributed by atoms with E-state index < -0.39 is 0 Å². The van der Waals surface area contributed by atoms with Gasteiger partial charge in [-0.2, -0.15) is 5.10 Å². The Kier molecular flexibility index (Phi) is 8.43. The number of methoxy groups -OCH3 is 1. The van der Waals surface area contributed by atoms with Gasteiger partial charge in [0.25, 0.3) is 5.91 Å². The van der Waals surface area contributed by atoms with Gasteiger partial charge in [-0.25, -0.2) is 4.99 Å². The fourth-order valence-electron chi connectivity index (χ4n) is 4.69. The molecule has 0 radical (unpaired) electrons. The Bertz CT molecular complexity index is 1200. The number of likely N-dealkylation sites (tertiary alicyclic amines) is 1. The lowest BCUT2D eigenvalue weighted by atomic mass is 10.0. The van der Waals surface area contributed by atoms with Gasteiger partial charge >= 0.3 is 0 Å². The molecule has 1 aliphatic rings. The molecule has 0 atom stereocenters. The van der Waals surface area contributed by atoms with E-state index in [0.717, 1.165) is 61.4 Å². The molecule has 9 nitrogen and oxygen atoms in total. The number of nitrogens with zero attached hydrogens (tertiary/aromatic N) is 4. The zero-order valence-corrected chi connectivity index (χ0v) is 21.8. The summed E-state index contributed by atoms with van der Waals surface area (Å²) in [6.45, 7) is 10.5. The number of carbonyl (C=O) groups excluding carboxylic acids is 1. The third kappa shape index (κ3) is 5.96. The van der Waals surface area contributed by atoms with E-state index in [1.807, 2.05) is 29.9 Å². The quantitative estimate of drug-likeness (QED) is 0.365. The van der Waals surface area contributed by atoms with E-state index in [0.29, 0.717) is 36.1 Å². The van der Waals surface area contributed by atoms with E-state index in [4.69, 9.17) is 9.73 Å². The standard InChI is InChI=1S/C27H38N6O3/c1-5-23(30-20-16-29-33(17-20)21-8-10-32(11-9-21)12-13-36-4)25-22-14-19(26(34)28-15-18(2)3)6-7-24(22)31-27(25)35/h6-7,14,16-18,21,31,35H,5,8-13,15H2,1-4H3,(H,28,34). The highest BCUT2D eigenvalue weighted by molar-refractivity contribution is 6.14. The van der Waals surface area contributed by atoms with E-state index in [-0.39, 0.29) is 11.8 Å². The van der Waals surface area contributed by atoms with Gasteiger partial charge in [-0.15, -0.1) is 0 Å². The van der Waals surface area contributed by atoms with Crippen molar-refractivity contribution in [3.8, 4) is 5.88 Å². The predicted molar refractivity (Wildman–Crippen MR) is 142 cm³/mol. The van der Waals surface area contributed by atoms with Crippen molar-refractivity contribution in [2.75, 3.05) is 39.9 Å². The Morgan fingerprint density at radius 2 is 2.11 bits per heavy atom. The maximum absolute atomic E-state index is 12.6. The van der Waals surface area contributed by atoms with Crippen LogP contribution in [0, 0.1) is 5.92 Å². The minimum absolute atomic E-state index is 0.0566. The van der Waals surface area contributed by atoms with Gasteiger partial charge in [0, 0.05) is 49.8 Å². The first kappa shape index (κ1) is 25.9. The molecule has 0 aliphatic carbocycles. The Morgan fingerprint density at radius 3 is 2.81 bits per heavy atom. The second kappa shape index (κ2) is 11.7. The third-order valence-corrected chi connectivity index (χ3v) is 6.73. The number of benzene rings is 1. The number of nitrogens with one attached hydrogen (secondary N) is 2. The van der Waals surface area contributed by atoms with Crippen LogP contribution in [0.2, 0.25) is 0 Å². The number of aromatic amines is 1. The number of aromatic hydroxyl groups is 1. The second-order valence-electron chi connectivity index (χ2n) is 9.87. The highest BCUT2D eigenvalue weighted by atomic mass is 16.5. The number of amides is 1. The van der Waals surface area contributed by atoms with Gasteiger partial charge in [0.2, 0.25) is 0 Å². The zero-order valence-electron chi connectivity index (χ0n) is 21.8. The number of aromatic nitrogens is 3. The molecule has 3 aromatic rings. The first-order valence-electron chi connectivity index (χ1n) is 12.9. The molecule has 1 fully saturated rings. The van der Waals surface area contributed by atoms with Crippen molar-refractivity contribution >= 4 is 28.2 Å². The summed E-state index contributed by atoms with van der Waals surface area (Å²) in [5, 5.41) is 19.1. The number of aliphatic imine (C=N–C) groups is 1. The molecule has 0 unspecified atom stereocenters. The summed E-state index contributed by atoms with van der Waals surface area (Å²) in [5.41, 5.74) is 3.45. The van der Waals surface area contributed by atoms with Crippen LogP contribution in [0.25, 0.3) is 10.9 Å². The van der Waals surface area contributed by atoms with Crippen molar-refractivity contribution in [2.45, 2.75) is 46.1 Å². The van der Waals surface area contributed by atoms with Crippen molar-refractivity contribution in [3.63, 3.8) is 0 Å². The van der Waals surface area contributed by atoms with Crippen LogP contribution in [0.4, 0.5) is 5.69 Å². The Hall–Kier alpha value is -3.17. The molecule has 0 spiro atoms. The minimum Gasteiger partial charge on any atom is -0.494 e. The molecule has 194 valence electrons. The second-order valence-corrected chi connectivity index (χ2v) is 9.87. The fourth-order valence-corrected chi connectivity index (χ4v) is 4.69. The smallest absolute Gasteiger partial charge is 0.251 e. The van der Waals surface area contributed by atoms with E-state index in [2.05, 4.69) is 34.1 Å². The van der Waals surface area contributed by atoms with E-state index >= 15 is 0 Å². The molecule has 1 aromatic carbocycles. The number of hydrogen-bond acceptors (Lipinski definition) is 6. The average molecular weight is 495 g/mol. The molecule has 0 saturated carbocycles. The predicted octanol–water partition coefficient (Wildman–Crippen LogP) is 4.27. The summed E-state index contributed by atoms with van der Waals surface area (Å²) in [6.07, 6.45) is 6.47. The fraction of sp³-hybridized carbons (Fsp3) is 0.519. The number of rotatable bonds is 10. The Labute approximate surface area is 212 Å². The molecule has 2 aromatic heterocycles. The molecule has 3 N–H and O–H groups in total. The Balaban J connectivity index is 1.54. The normalized spacial score (nSPS) is 15.8. The number of ether oxygens (including phenoxy) is 1. The number of piperidine rings is 1.